The van der Waals surface area contributed by atoms with Gasteiger partial charge < -0.3 is 15.3 Å². The number of hydrogen-bond donors (Lipinski definition) is 2. The van der Waals surface area contributed by atoms with Crippen LogP contribution in [0.1, 0.15) is 16.8 Å². The molecule has 0 bridgehead atoms. The van der Waals surface area contributed by atoms with Gasteiger partial charge in [-0.25, -0.2) is 4.39 Å². The first-order valence-corrected chi connectivity index (χ1v) is 7.03. The van der Waals surface area contributed by atoms with Crippen LogP contribution in [0.25, 0.3) is 0 Å². The number of carbonyl (C=O) groups excluding carboxylic acids is 1. The molecule has 1 aliphatic heterocycles. The first-order chi connectivity index (χ1) is 9.90. The average Bonchev–Trinajstić information content (AvgIpc) is 2.93. The molecular formula is C13H13Cl2FN2O3. The summed E-state index contributed by atoms with van der Waals surface area (Å²) in [7, 11) is 0. The lowest BCUT2D eigenvalue weighted by Gasteiger charge is -2.27. The van der Waals surface area contributed by atoms with Gasteiger partial charge in [0.25, 0.3) is 5.91 Å². The van der Waals surface area contributed by atoms with Gasteiger partial charge in [0.05, 0.1) is 15.6 Å². The van der Waals surface area contributed by atoms with E-state index in [2.05, 4.69) is 5.32 Å². The van der Waals surface area contributed by atoms with Crippen molar-refractivity contribution in [2.75, 3.05) is 19.6 Å². The number of nitrogens with zero attached hydrogens (tertiary/aromatic N) is 1. The highest BCUT2D eigenvalue weighted by Crippen LogP contribution is 2.26. The second-order valence-corrected chi connectivity index (χ2v) is 5.53. The Morgan fingerprint density at radius 1 is 1.38 bits per heavy atom. The molecule has 0 spiro atoms. The lowest BCUT2D eigenvalue weighted by molar-refractivity contribution is -0.138. The quantitative estimate of drug-likeness (QED) is 0.826. The molecule has 21 heavy (non-hydrogen) atoms. The number of carboxylic acids is 1. The summed E-state index contributed by atoms with van der Waals surface area (Å²) < 4.78 is 13.5. The molecule has 114 valence electrons. The molecule has 8 heteroatoms. The lowest BCUT2D eigenvalue weighted by atomic mass is 10.1. The van der Waals surface area contributed by atoms with Gasteiger partial charge in [0, 0.05) is 12.6 Å². The van der Waals surface area contributed by atoms with Gasteiger partial charge in [0.1, 0.15) is 12.4 Å². The Labute approximate surface area is 130 Å². The van der Waals surface area contributed by atoms with Crippen molar-refractivity contribution >= 4 is 35.1 Å². The van der Waals surface area contributed by atoms with Crippen molar-refractivity contribution in [3.63, 3.8) is 0 Å². The maximum Gasteiger partial charge on any atom is 0.323 e. The lowest BCUT2D eigenvalue weighted by Crippen LogP contribution is -2.44. The monoisotopic (exact) mass is 334 g/mol. The Balaban J connectivity index is 2.33. The minimum atomic E-state index is -1.14. The molecule has 1 aliphatic rings. The van der Waals surface area contributed by atoms with E-state index in [4.69, 9.17) is 28.3 Å². The van der Waals surface area contributed by atoms with Crippen molar-refractivity contribution < 1.29 is 19.1 Å². The van der Waals surface area contributed by atoms with Crippen molar-refractivity contribution in [1.29, 1.82) is 0 Å². The molecule has 1 heterocycles. The van der Waals surface area contributed by atoms with Crippen LogP contribution in [0.3, 0.4) is 0 Å². The first-order valence-electron chi connectivity index (χ1n) is 6.28. The van der Waals surface area contributed by atoms with Gasteiger partial charge in [-0.2, -0.15) is 0 Å². The molecule has 1 aromatic rings. The van der Waals surface area contributed by atoms with Crippen molar-refractivity contribution in [2.45, 2.75) is 12.5 Å². The molecule has 0 saturated carbocycles. The maximum atomic E-state index is 13.5. The van der Waals surface area contributed by atoms with E-state index in [1.165, 1.54) is 4.90 Å². The molecule has 1 amide bonds. The van der Waals surface area contributed by atoms with Gasteiger partial charge in [0.15, 0.2) is 0 Å². The molecule has 2 N–H and O–H groups in total. The van der Waals surface area contributed by atoms with E-state index < -0.39 is 24.2 Å². The van der Waals surface area contributed by atoms with E-state index in [0.717, 1.165) is 12.1 Å². The fourth-order valence-electron chi connectivity index (χ4n) is 2.26. The summed E-state index contributed by atoms with van der Waals surface area (Å²) in [5, 5.41) is 11.8. The number of carbonyl (C=O) groups is 2. The van der Waals surface area contributed by atoms with E-state index >= 15 is 0 Å². The van der Waals surface area contributed by atoms with Crippen molar-refractivity contribution in [1.82, 2.24) is 10.2 Å². The molecule has 1 fully saturated rings. The Hall–Kier alpha value is -1.37. The molecule has 1 unspecified atom stereocenters. The van der Waals surface area contributed by atoms with Gasteiger partial charge in [-0.1, -0.05) is 23.2 Å². The normalized spacial score (nSPS) is 17.8. The zero-order valence-electron chi connectivity index (χ0n) is 10.9. The highest BCUT2D eigenvalue weighted by molar-refractivity contribution is 6.36. The molecule has 1 aromatic carbocycles. The number of aliphatic carboxylic acids is 1. The standard InChI is InChI=1S/C13H13Cl2FN2O3/c14-9-4-10(15)11(16)3-8(9)13(21)18(6-12(19)20)7-1-2-17-5-7/h3-4,7,17H,1-2,5-6H2,(H,19,20). The number of carboxylic acid groups (broad SMARTS) is 1. The predicted molar refractivity (Wildman–Crippen MR) is 76.4 cm³/mol. The predicted octanol–water partition coefficient (Wildman–Crippen LogP) is 2.02. The molecule has 5 nitrogen and oxygen atoms in total. The second-order valence-electron chi connectivity index (χ2n) is 4.72. The number of rotatable bonds is 4. The van der Waals surface area contributed by atoms with Crippen LogP contribution >= 0.6 is 23.2 Å². The zero-order valence-corrected chi connectivity index (χ0v) is 12.4. The van der Waals surface area contributed by atoms with E-state index in [1.54, 1.807) is 0 Å². The van der Waals surface area contributed by atoms with Crippen LogP contribution in [0.15, 0.2) is 12.1 Å². The number of halogens is 3. The molecule has 2 rings (SSSR count). The smallest absolute Gasteiger partial charge is 0.323 e. The fourth-order valence-corrected chi connectivity index (χ4v) is 2.72. The molecule has 0 aliphatic carbocycles. The Kier molecular flexibility index (Phi) is 5.03. The van der Waals surface area contributed by atoms with Gasteiger partial charge >= 0.3 is 5.97 Å². The van der Waals surface area contributed by atoms with Crippen molar-refractivity contribution in [2.24, 2.45) is 0 Å². The Morgan fingerprint density at radius 2 is 2.10 bits per heavy atom. The molecular weight excluding hydrogens is 322 g/mol. The third kappa shape index (κ3) is 3.64. The van der Waals surface area contributed by atoms with Gasteiger partial charge in [0.2, 0.25) is 0 Å². The number of benzene rings is 1. The SMILES string of the molecule is O=C(O)CN(C(=O)c1cc(F)c(Cl)cc1Cl)C1CCNC1. The van der Waals surface area contributed by atoms with Gasteiger partial charge in [-0.3, -0.25) is 9.59 Å². The van der Waals surface area contributed by atoms with Gasteiger partial charge in [-0.05, 0) is 25.1 Å². The fraction of sp³-hybridized carbons (Fsp3) is 0.385. The van der Waals surface area contributed by atoms with E-state index in [-0.39, 0.29) is 21.7 Å². The molecule has 0 radical (unpaired) electrons. The largest absolute Gasteiger partial charge is 0.480 e. The van der Waals surface area contributed by atoms with Crippen LogP contribution in [0.5, 0.6) is 0 Å². The first kappa shape index (κ1) is 16.0. The van der Waals surface area contributed by atoms with Crippen LogP contribution in [-0.2, 0) is 4.79 Å². The summed E-state index contributed by atoms with van der Waals surface area (Å²) in [6.07, 6.45) is 0.632. The van der Waals surface area contributed by atoms with Crippen LogP contribution in [-0.4, -0.2) is 47.6 Å². The third-order valence-corrected chi connectivity index (χ3v) is 3.88. The van der Waals surface area contributed by atoms with Crippen LogP contribution in [0.2, 0.25) is 10.0 Å². The van der Waals surface area contributed by atoms with Crippen molar-refractivity contribution in [3.05, 3.63) is 33.6 Å². The summed E-state index contributed by atoms with van der Waals surface area (Å²) in [6.45, 7) is 0.718. The third-order valence-electron chi connectivity index (χ3n) is 3.28. The zero-order chi connectivity index (χ0) is 15.6. The summed E-state index contributed by atoms with van der Waals surface area (Å²) >= 11 is 11.5. The topological polar surface area (TPSA) is 69.6 Å². The maximum absolute atomic E-state index is 13.5. The molecule has 1 atom stereocenters. The minimum absolute atomic E-state index is 0.00672. The Bertz CT molecular complexity index is 577. The number of nitrogens with one attached hydrogen (secondary N) is 1. The van der Waals surface area contributed by atoms with Crippen LogP contribution < -0.4 is 5.32 Å². The number of hydrogen-bond acceptors (Lipinski definition) is 3. The van der Waals surface area contributed by atoms with E-state index in [9.17, 15) is 14.0 Å². The van der Waals surface area contributed by atoms with E-state index in [0.29, 0.717) is 19.5 Å². The Morgan fingerprint density at radius 3 is 2.67 bits per heavy atom. The summed E-state index contributed by atoms with van der Waals surface area (Å²) in [4.78, 5) is 24.6. The summed E-state index contributed by atoms with van der Waals surface area (Å²) in [6, 6.07) is 1.81. The van der Waals surface area contributed by atoms with Crippen molar-refractivity contribution in [3.8, 4) is 0 Å². The van der Waals surface area contributed by atoms with Crippen LogP contribution in [0.4, 0.5) is 4.39 Å². The van der Waals surface area contributed by atoms with Crippen LogP contribution in [0, 0.1) is 5.82 Å². The average molecular weight is 335 g/mol. The summed E-state index contributed by atoms with van der Waals surface area (Å²) in [5.74, 6) is -2.53. The highest BCUT2D eigenvalue weighted by atomic mass is 35.5. The highest BCUT2D eigenvalue weighted by Gasteiger charge is 2.30. The number of amides is 1. The minimum Gasteiger partial charge on any atom is -0.480 e. The molecule has 0 aromatic heterocycles. The van der Waals surface area contributed by atoms with Gasteiger partial charge in [-0.15, -0.1) is 0 Å². The summed E-state index contributed by atoms with van der Waals surface area (Å²) in [5.41, 5.74) is -0.0910. The van der Waals surface area contributed by atoms with E-state index in [1.807, 2.05) is 0 Å². The molecule has 1 saturated heterocycles. The second kappa shape index (κ2) is 6.60.